The number of hydrogen-bond donors (Lipinski definition) is 0. The van der Waals surface area contributed by atoms with E-state index in [-0.39, 0.29) is 35.7 Å². The summed E-state index contributed by atoms with van der Waals surface area (Å²) < 4.78 is 27.4. The van der Waals surface area contributed by atoms with Crippen LogP contribution in [0.1, 0.15) is 111 Å². The molecule has 0 heterocycles. The minimum Gasteiger partial charge on any atom is -0.494 e. The third kappa shape index (κ3) is 13.6. The molecule has 8 heteroatoms. The van der Waals surface area contributed by atoms with E-state index in [0.29, 0.717) is 43.3 Å². The van der Waals surface area contributed by atoms with E-state index in [1.54, 1.807) is 30.3 Å². The molecule has 3 rings (SSSR count). The molecule has 0 atom stereocenters. The Balaban J connectivity index is 1.38. The number of esters is 2. The summed E-state index contributed by atoms with van der Waals surface area (Å²) in [5.74, 6) is 0.697. The summed E-state index contributed by atoms with van der Waals surface area (Å²) in [7, 11) is 0. The van der Waals surface area contributed by atoms with Crippen LogP contribution in [0.3, 0.4) is 0 Å². The molecular formula is C37H50O8. The van der Waals surface area contributed by atoms with Crippen molar-refractivity contribution in [3.63, 3.8) is 0 Å². The van der Waals surface area contributed by atoms with Crippen LogP contribution in [0.4, 0.5) is 0 Å². The first-order valence-electron chi connectivity index (χ1n) is 16.6. The van der Waals surface area contributed by atoms with Gasteiger partial charge in [0.05, 0.1) is 30.3 Å². The first-order chi connectivity index (χ1) is 22.0. The van der Waals surface area contributed by atoms with Gasteiger partial charge in [0.25, 0.3) is 0 Å². The van der Waals surface area contributed by atoms with Crippen LogP contribution in [0, 0.1) is 11.8 Å². The van der Waals surface area contributed by atoms with Crippen LogP contribution in [-0.2, 0) is 14.3 Å². The van der Waals surface area contributed by atoms with Crippen molar-refractivity contribution in [1.82, 2.24) is 0 Å². The van der Waals surface area contributed by atoms with Crippen LogP contribution in [-0.4, -0.2) is 44.8 Å². The zero-order valence-electron chi connectivity index (χ0n) is 26.8. The van der Waals surface area contributed by atoms with Gasteiger partial charge in [0.15, 0.2) is 6.29 Å². The molecular weight excluding hydrogens is 572 g/mol. The number of benzene rings is 2. The number of unbranched alkanes of at least 4 members (excludes halogenated alkanes) is 6. The molecule has 1 saturated carbocycles. The Morgan fingerprint density at radius 3 is 2.27 bits per heavy atom. The minimum absolute atomic E-state index is 0.155. The molecule has 0 unspecified atom stereocenters. The van der Waals surface area contributed by atoms with Crippen molar-refractivity contribution in [1.29, 1.82) is 0 Å². The molecule has 8 nitrogen and oxygen atoms in total. The maximum atomic E-state index is 12.9. The number of carbonyl (C=O) groups excluding carboxylic acids is 3. The fourth-order valence-electron chi connectivity index (χ4n) is 5.47. The van der Waals surface area contributed by atoms with Crippen LogP contribution in [0.15, 0.2) is 55.1 Å². The average Bonchev–Trinajstić information content (AvgIpc) is 3.06. The summed E-state index contributed by atoms with van der Waals surface area (Å²) in [5.41, 5.74) is 0.503. The van der Waals surface area contributed by atoms with Crippen molar-refractivity contribution < 1.29 is 38.1 Å². The minimum atomic E-state index is -0.567. The molecule has 1 aliphatic carbocycles. The molecule has 246 valence electrons. The van der Waals surface area contributed by atoms with Crippen LogP contribution >= 0.6 is 0 Å². The molecule has 2 aromatic rings. The smallest absolute Gasteiger partial charge is 0.343 e. The normalized spacial score (nSPS) is 16.1. The van der Waals surface area contributed by atoms with Gasteiger partial charge in [-0.25, -0.2) is 4.79 Å². The van der Waals surface area contributed by atoms with E-state index in [1.165, 1.54) is 56.7 Å². The van der Waals surface area contributed by atoms with Gasteiger partial charge in [-0.2, -0.15) is 0 Å². The quantitative estimate of drug-likeness (QED) is 0.0322. The zero-order chi connectivity index (χ0) is 32.1. The topological polar surface area (TPSA) is 97.4 Å². The number of hydrogen-bond acceptors (Lipinski definition) is 8. The van der Waals surface area contributed by atoms with E-state index < -0.39 is 5.97 Å². The standard InChI is InChI=1S/C37H50O8/c1-3-5-6-7-9-12-29-13-15-30(16-14-29)37(40)45-35-22-21-34(26-32(35)27-38)44-36(39)31-17-19-33(20-18-31)43-25-11-8-10-24-42-28-41-23-4-2/h4,17-22,26-27,29-30H,2-3,5-16,23-25,28H2,1H3. The molecule has 0 N–H and O–H groups in total. The summed E-state index contributed by atoms with van der Waals surface area (Å²) in [6, 6.07) is 11.2. The van der Waals surface area contributed by atoms with Gasteiger partial charge in [0.2, 0.25) is 0 Å². The maximum absolute atomic E-state index is 12.9. The number of aldehydes is 1. The lowest BCUT2D eigenvalue weighted by Gasteiger charge is -2.27. The first-order valence-corrected chi connectivity index (χ1v) is 16.6. The Kier molecular flexibility index (Phi) is 17.0. The Morgan fingerprint density at radius 1 is 0.822 bits per heavy atom. The van der Waals surface area contributed by atoms with Gasteiger partial charge in [-0.3, -0.25) is 9.59 Å². The summed E-state index contributed by atoms with van der Waals surface area (Å²) in [4.78, 5) is 37.4. The van der Waals surface area contributed by atoms with Gasteiger partial charge >= 0.3 is 11.9 Å². The Morgan fingerprint density at radius 2 is 1.53 bits per heavy atom. The molecule has 1 fully saturated rings. The van der Waals surface area contributed by atoms with Crippen LogP contribution < -0.4 is 14.2 Å². The highest BCUT2D eigenvalue weighted by atomic mass is 16.7. The molecule has 0 spiro atoms. The van der Waals surface area contributed by atoms with Crippen molar-refractivity contribution >= 4 is 18.2 Å². The summed E-state index contributed by atoms with van der Waals surface area (Å²) in [6.45, 7) is 7.76. The second-order valence-corrected chi connectivity index (χ2v) is 11.7. The van der Waals surface area contributed by atoms with Gasteiger partial charge in [0.1, 0.15) is 24.0 Å². The highest BCUT2D eigenvalue weighted by molar-refractivity contribution is 5.91. The summed E-state index contributed by atoms with van der Waals surface area (Å²) >= 11 is 0. The van der Waals surface area contributed by atoms with Crippen LogP contribution in [0.5, 0.6) is 17.2 Å². The van der Waals surface area contributed by atoms with Gasteiger partial charge in [0, 0.05) is 6.61 Å². The van der Waals surface area contributed by atoms with Crippen molar-refractivity contribution in [3.05, 3.63) is 66.2 Å². The fraction of sp³-hybridized carbons (Fsp3) is 0.541. The van der Waals surface area contributed by atoms with Crippen molar-refractivity contribution in [2.24, 2.45) is 11.8 Å². The second-order valence-electron chi connectivity index (χ2n) is 11.7. The van der Waals surface area contributed by atoms with E-state index >= 15 is 0 Å². The Hall–Kier alpha value is -3.49. The average molecular weight is 623 g/mol. The molecule has 0 amide bonds. The summed E-state index contributed by atoms with van der Waals surface area (Å²) in [6.07, 6.45) is 16.4. The predicted octanol–water partition coefficient (Wildman–Crippen LogP) is 8.52. The fourth-order valence-corrected chi connectivity index (χ4v) is 5.47. The van der Waals surface area contributed by atoms with E-state index in [0.717, 1.165) is 44.9 Å². The highest BCUT2D eigenvalue weighted by Gasteiger charge is 2.28. The maximum Gasteiger partial charge on any atom is 0.343 e. The molecule has 1 aliphatic rings. The Bertz CT molecular complexity index is 1170. The lowest BCUT2D eigenvalue weighted by atomic mass is 9.80. The largest absolute Gasteiger partial charge is 0.494 e. The van der Waals surface area contributed by atoms with Crippen molar-refractivity contribution in [2.45, 2.75) is 90.4 Å². The number of carbonyl (C=O) groups is 3. The Labute approximate surface area is 268 Å². The lowest BCUT2D eigenvalue weighted by molar-refractivity contribution is -0.140. The molecule has 0 aliphatic heterocycles. The van der Waals surface area contributed by atoms with Crippen molar-refractivity contribution in [2.75, 3.05) is 26.6 Å². The SMILES string of the molecule is C=CCOCOCCCCCOc1ccc(C(=O)Oc2ccc(OC(=O)C3CCC(CCCCCCC)CC3)c(C=O)c2)cc1. The zero-order valence-corrected chi connectivity index (χ0v) is 26.8. The predicted molar refractivity (Wildman–Crippen MR) is 174 cm³/mol. The van der Waals surface area contributed by atoms with E-state index in [4.69, 9.17) is 23.7 Å². The van der Waals surface area contributed by atoms with Crippen LogP contribution in [0.25, 0.3) is 0 Å². The third-order valence-electron chi connectivity index (χ3n) is 8.12. The highest BCUT2D eigenvalue weighted by Crippen LogP contribution is 2.34. The van der Waals surface area contributed by atoms with Gasteiger partial charge in [-0.15, -0.1) is 6.58 Å². The molecule has 2 aromatic carbocycles. The monoisotopic (exact) mass is 622 g/mol. The summed E-state index contributed by atoms with van der Waals surface area (Å²) in [5, 5.41) is 0. The van der Waals surface area contributed by atoms with Gasteiger partial charge < -0.3 is 23.7 Å². The number of rotatable bonds is 22. The molecule has 45 heavy (non-hydrogen) atoms. The van der Waals surface area contributed by atoms with Gasteiger partial charge in [-0.1, -0.05) is 51.5 Å². The molecule has 0 bridgehead atoms. The van der Waals surface area contributed by atoms with Gasteiger partial charge in [-0.05, 0) is 93.3 Å². The van der Waals surface area contributed by atoms with E-state index in [1.807, 2.05) is 0 Å². The molecule has 0 radical (unpaired) electrons. The van der Waals surface area contributed by atoms with E-state index in [2.05, 4.69) is 13.5 Å². The molecule has 0 aromatic heterocycles. The third-order valence-corrected chi connectivity index (χ3v) is 8.12. The van der Waals surface area contributed by atoms with Crippen LogP contribution in [0.2, 0.25) is 0 Å². The number of ether oxygens (including phenoxy) is 5. The van der Waals surface area contributed by atoms with E-state index in [9.17, 15) is 14.4 Å². The van der Waals surface area contributed by atoms with Crippen molar-refractivity contribution in [3.8, 4) is 17.2 Å². The lowest BCUT2D eigenvalue weighted by Crippen LogP contribution is -2.26. The second kappa shape index (κ2) is 21.3. The first kappa shape index (κ1) is 36.0. The molecule has 0 saturated heterocycles.